The molecule has 172 valence electrons. The Hall–Kier alpha value is -3.48. The van der Waals surface area contributed by atoms with Crippen LogP contribution in [0.15, 0.2) is 53.4 Å². The van der Waals surface area contributed by atoms with Crippen LogP contribution in [0, 0.1) is 32.1 Å². The first-order valence-electron chi connectivity index (χ1n) is 10.4. The van der Waals surface area contributed by atoms with Crippen molar-refractivity contribution >= 4 is 15.9 Å². The minimum Gasteiger partial charge on any atom is -0.340 e. The number of amides is 1. The SMILES string of the molecule is Cc1ccccc1-n1nc(C)c(CN(C)C(=O)CN(C)S(=O)(=O)c2ccc(C#N)cc2)c1C. The first kappa shape index (κ1) is 24.2. The Balaban J connectivity index is 1.74. The lowest BCUT2D eigenvalue weighted by Crippen LogP contribution is -2.39. The maximum absolute atomic E-state index is 12.8. The molecule has 1 aromatic heterocycles. The Morgan fingerprint density at radius 3 is 2.30 bits per heavy atom. The number of carbonyl (C=O) groups is 1. The summed E-state index contributed by atoms with van der Waals surface area (Å²) in [5.74, 6) is -0.336. The van der Waals surface area contributed by atoms with Gasteiger partial charge in [0, 0.05) is 31.9 Å². The van der Waals surface area contributed by atoms with Crippen LogP contribution >= 0.6 is 0 Å². The minimum atomic E-state index is -3.86. The molecule has 9 heteroatoms. The number of aryl methyl sites for hydroxylation is 2. The van der Waals surface area contributed by atoms with E-state index in [4.69, 9.17) is 5.26 Å². The predicted octanol–water partition coefficient (Wildman–Crippen LogP) is 2.95. The monoisotopic (exact) mass is 465 g/mol. The van der Waals surface area contributed by atoms with E-state index in [1.165, 1.54) is 36.2 Å². The zero-order chi connectivity index (χ0) is 24.3. The predicted molar refractivity (Wildman–Crippen MR) is 125 cm³/mol. The number of nitrogens with zero attached hydrogens (tertiary/aromatic N) is 5. The molecule has 0 bridgehead atoms. The van der Waals surface area contributed by atoms with Crippen molar-refractivity contribution in [1.82, 2.24) is 19.0 Å². The Morgan fingerprint density at radius 1 is 1.06 bits per heavy atom. The summed E-state index contributed by atoms with van der Waals surface area (Å²) in [5, 5.41) is 13.6. The van der Waals surface area contributed by atoms with Gasteiger partial charge < -0.3 is 4.90 Å². The zero-order valence-electron chi connectivity index (χ0n) is 19.4. The lowest BCUT2D eigenvalue weighted by molar-refractivity contribution is -0.130. The summed E-state index contributed by atoms with van der Waals surface area (Å²) < 4.78 is 28.5. The van der Waals surface area contributed by atoms with Crippen molar-refractivity contribution in [2.75, 3.05) is 20.6 Å². The van der Waals surface area contributed by atoms with Crippen molar-refractivity contribution < 1.29 is 13.2 Å². The van der Waals surface area contributed by atoms with Crippen LogP contribution < -0.4 is 0 Å². The van der Waals surface area contributed by atoms with Gasteiger partial charge in [-0.1, -0.05) is 18.2 Å². The highest BCUT2D eigenvalue weighted by atomic mass is 32.2. The van der Waals surface area contributed by atoms with Crippen molar-refractivity contribution in [1.29, 1.82) is 5.26 Å². The van der Waals surface area contributed by atoms with Crippen molar-refractivity contribution in [3.8, 4) is 11.8 Å². The second-order valence-electron chi connectivity index (χ2n) is 7.99. The van der Waals surface area contributed by atoms with Gasteiger partial charge in [-0.2, -0.15) is 14.7 Å². The molecule has 0 N–H and O–H groups in total. The standard InChI is InChI=1S/C24H27N5O3S/c1-17-8-6-7-9-23(17)29-19(3)22(18(2)26-29)15-27(4)24(30)16-28(5)33(31,32)21-12-10-20(14-25)11-13-21/h6-13H,15-16H2,1-5H3. The molecule has 0 saturated carbocycles. The van der Waals surface area contributed by atoms with Crippen LogP contribution in [0.5, 0.6) is 0 Å². The van der Waals surface area contributed by atoms with Gasteiger partial charge in [-0.3, -0.25) is 4.79 Å². The van der Waals surface area contributed by atoms with Gasteiger partial charge in [0.2, 0.25) is 15.9 Å². The number of nitriles is 1. The van der Waals surface area contributed by atoms with Gasteiger partial charge in [0.15, 0.2) is 0 Å². The van der Waals surface area contributed by atoms with Crippen LogP contribution in [0.1, 0.15) is 28.1 Å². The Morgan fingerprint density at radius 2 is 1.70 bits per heavy atom. The molecule has 0 aliphatic carbocycles. The maximum Gasteiger partial charge on any atom is 0.243 e. The van der Waals surface area contributed by atoms with Crippen molar-refractivity contribution in [2.24, 2.45) is 0 Å². The Bertz CT molecular complexity index is 1320. The van der Waals surface area contributed by atoms with E-state index in [0.717, 1.165) is 32.5 Å². The van der Waals surface area contributed by atoms with Gasteiger partial charge in [0.25, 0.3) is 0 Å². The van der Waals surface area contributed by atoms with Crippen LogP contribution in [0.3, 0.4) is 0 Å². The largest absolute Gasteiger partial charge is 0.340 e. The zero-order valence-corrected chi connectivity index (χ0v) is 20.2. The Labute approximate surface area is 194 Å². The first-order chi connectivity index (χ1) is 15.6. The van der Waals surface area contributed by atoms with Crippen molar-refractivity contribution in [2.45, 2.75) is 32.2 Å². The fraction of sp³-hybridized carbons (Fsp3) is 0.292. The highest BCUT2D eigenvalue weighted by Gasteiger charge is 2.25. The average Bonchev–Trinajstić information content (AvgIpc) is 3.07. The topological polar surface area (TPSA) is 99.3 Å². The molecule has 33 heavy (non-hydrogen) atoms. The molecule has 0 aliphatic heterocycles. The van der Waals surface area contributed by atoms with Gasteiger partial charge in [0.1, 0.15) is 0 Å². The lowest BCUT2D eigenvalue weighted by Gasteiger charge is -2.22. The van der Waals surface area contributed by atoms with Gasteiger partial charge in [-0.25, -0.2) is 13.1 Å². The summed E-state index contributed by atoms with van der Waals surface area (Å²) in [6.07, 6.45) is 0. The van der Waals surface area contributed by atoms with E-state index in [9.17, 15) is 13.2 Å². The van der Waals surface area contributed by atoms with E-state index in [-0.39, 0.29) is 17.3 Å². The van der Waals surface area contributed by atoms with Gasteiger partial charge in [-0.15, -0.1) is 0 Å². The number of hydrogen-bond donors (Lipinski definition) is 0. The molecule has 1 heterocycles. The van der Waals surface area contributed by atoms with Crippen LogP contribution in [-0.4, -0.2) is 54.0 Å². The lowest BCUT2D eigenvalue weighted by atomic mass is 10.1. The average molecular weight is 466 g/mol. The van der Waals surface area contributed by atoms with Gasteiger partial charge in [-0.05, 0) is 56.7 Å². The smallest absolute Gasteiger partial charge is 0.243 e. The van der Waals surface area contributed by atoms with E-state index >= 15 is 0 Å². The first-order valence-corrected chi connectivity index (χ1v) is 11.8. The molecule has 0 spiro atoms. The molecule has 1 amide bonds. The number of likely N-dealkylation sites (N-methyl/N-ethyl adjacent to an activating group) is 2. The van der Waals surface area contributed by atoms with Crippen LogP contribution in [0.25, 0.3) is 5.69 Å². The third kappa shape index (κ3) is 4.97. The molecule has 0 unspecified atom stereocenters. The van der Waals surface area contributed by atoms with Crippen LogP contribution in [0.4, 0.5) is 0 Å². The van der Waals surface area contributed by atoms with Gasteiger partial charge >= 0.3 is 0 Å². The number of rotatable bonds is 7. The number of carbonyl (C=O) groups excluding carboxylic acids is 1. The molecule has 3 rings (SSSR count). The third-order valence-electron chi connectivity index (χ3n) is 5.66. The molecule has 0 atom stereocenters. The maximum atomic E-state index is 12.8. The highest BCUT2D eigenvalue weighted by Crippen LogP contribution is 2.22. The molecule has 0 aliphatic rings. The number of para-hydroxylation sites is 1. The number of sulfonamides is 1. The summed E-state index contributed by atoms with van der Waals surface area (Å²) in [6.45, 7) is 5.89. The van der Waals surface area contributed by atoms with E-state index in [2.05, 4.69) is 5.10 Å². The molecule has 0 fully saturated rings. The quantitative estimate of drug-likeness (QED) is 0.534. The highest BCUT2D eigenvalue weighted by molar-refractivity contribution is 7.89. The number of aromatic nitrogens is 2. The molecular formula is C24H27N5O3S. The molecule has 0 radical (unpaired) electrons. The third-order valence-corrected chi connectivity index (χ3v) is 7.47. The molecule has 3 aromatic rings. The summed E-state index contributed by atoms with van der Waals surface area (Å²) >= 11 is 0. The summed E-state index contributed by atoms with van der Waals surface area (Å²) in [5.41, 5.74) is 5.10. The number of hydrogen-bond acceptors (Lipinski definition) is 5. The molecule has 0 saturated heterocycles. The van der Waals surface area contributed by atoms with Crippen molar-refractivity contribution in [3.05, 3.63) is 76.6 Å². The van der Waals surface area contributed by atoms with Gasteiger partial charge in [0.05, 0.1) is 34.5 Å². The molecular weight excluding hydrogens is 438 g/mol. The van der Waals surface area contributed by atoms with E-state index in [0.29, 0.717) is 12.1 Å². The summed E-state index contributed by atoms with van der Waals surface area (Å²) in [7, 11) is -0.844. The van der Waals surface area contributed by atoms with Crippen molar-refractivity contribution in [3.63, 3.8) is 0 Å². The van der Waals surface area contributed by atoms with Crippen LogP contribution in [0.2, 0.25) is 0 Å². The van der Waals surface area contributed by atoms with E-state index in [1.807, 2.05) is 55.8 Å². The molecule has 8 nitrogen and oxygen atoms in total. The summed E-state index contributed by atoms with van der Waals surface area (Å²) in [6, 6.07) is 15.5. The molecule has 2 aromatic carbocycles. The number of benzene rings is 2. The minimum absolute atomic E-state index is 0.0330. The second-order valence-corrected chi connectivity index (χ2v) is 10.0. The fourth-order valence-electron chi connectivity index (χ4n) is 3.54. The fourth-order valence-corrected chi connectivity index (χ4v) is 4.66. The normalized spacial score (nSPS) is 11.4. The Kier molecular flexibility index (Phi) is 7.01. The second kappa shape index (κ2) is 9.57. The van der Waals surface area contributed by atoms with Crippen LogP contribution in [-0.2, 0) is 21.4 Å². The summed E-state index contributed by atoms with van der Waals surface area (Å²) in [4.78, 5) is 14.4. The van der Waals surface area contributed by atoms with E-state index < -0.39 is 10.0 Å². The van der Waals surface area contributed by atoms with E-state index in [1.54, 1.807) is 7.05 Å².